The van der Waals surface area contributed by atoms with E-state index < -0.39 is 0 Å². The molecule has 0 aromatic rings. The number of ether oxygens (including phenoxy) is 3. The highest BCUT2D eigenvalue weighted by atomic mass is 16.7. The van der Waals surface area contributed by atoms with E-state index in [1.54, 1.807) is 0 Å². The summed E-state index contributed by atoms with van der Waals surface area (Å²) in [6.45, 7) is 10.4. The van der Waals surface area contributed by atoms with Crippen molar-refractivity contribution in [2.24, 2.45) is 17.8 Å². The van der Waals surface area contributed by atoms with Gasteiger partial charge in [0.2, 0.25) is 0 Å². The Bertz CT molecular complexity index is 340. The Kier molecular flexibility index (Phi) is 9.80. The first-order valence-electron chi connectivity index (χ1n) is 11.0. The maximum absolute atomic E-state index is 6.26. The minimum atomic E-state index is -0.114. The summed E-state index contributed by atoms with van der Waals surface area (Å²) in [5.41, 5.74) is 0. The van der Waals surface area contributed by atoms with E-state index in [-0.39, 0.29) is 18.5 Å². The van der Waals surface area contributed by atoms with E-state index >= 15 is 0 Å². The highest BCUT2D eigenvalue weighted by Gasteiger charge is 2.34. The smallest absolute Gasteiger partial charge is 0.155 e. The quantitative estimate of drug-likeness (QED) is 0.453. The monoisotopic (exact) mass is 354 g/mol. The van der Waals surface area contributed by atoms with Crippen molar-refractivity contribution in [3.8, 4) is 0 Å². The summed E-state index contributed by atoms with van der Waals surface area (Å²) in [6.07, 6.45) is 13.3. The second kappa shape index (κ2) is 11.6. The van der Waals surface area contributed by atoms with E-state index in [4.69, 9.17) is 14.2 Å². The maximum Gasteiger partial charge on any atom is 0.155 e. The molecule has 0 aromatic carbocycles. The van der Waals surface area contributed by atoms with E-state index in [2.05, 4.69) is 27.7 Å². The molecule has 0 N–H and O–H groups in total. The van der Waals surface area contributed by atoms with Crippen LogP contribution >= 0.6 is 0 Å². The van der Waals surface area contributed by atoms with Gasteiger partial charge < -0.3 is 14.2 Å². The van der Waals surface area contributed by atoms with Gasteiger partial charge in [-0.05, 0) is 57.3 Å². The lowest BCUT2D eigenvalue weighted by atomic mass is 9.77. The molecule has 0 saturated heterocycles. The lowest BCUT2D eigenvalue weighted by Crippen LogP contribution is -2.41. The highest BCUT2D eigenvalue weighted by Crippen LogP contribution is 2.35. The minimum absolute atomic E-state index is 0.114. The number of hydrogen-bond donors (Lipinski definition) is 0. The molecule has 0 bridgehead atoms. The van der Waals surface area contributed by atoms with Gasteiger partial charge in [-0.1, -0.05) is 52.4 Å². The molecule has 0 heterocycles. The summed E-state index contributed by atoms with van der Waals surface area (Å²) in [7, 11) is 0. The minimum Gasteiger partial charge on any atom is -0.376 e. The van der Waals surface area contributed by atoms with Crippen LogP contribution in [0.5, 0.6) is 0 Å². The Morgan fingerprint density at radius 1 is 0.920 bits per heavy atom. The fourth-order valence-corrected chi connectivity index (χ4v) is 4.69. The first kappa shape index (κ1) is 21.2. The van der Waals surface area contributed by atoms with Gasteiger partial charge in [-0.2, -0.15) is 0 Å². The van der Waals surface area contributed by atoms with Crippen molar-refractivity contribution in [3.05, 3.63) is 0 Å². The summed E-state index contributed by atoms with van der Waals surface area (Å²) in [5.74, 6) is 2.44. The molecule has 0 spiro atoms. The van der Waals surface area contributed by atoms with Gasteiger partial charge in [-0.15, -0.1) is 0 Å². The van der Waals surface area contributed by atoms with Crippen molar-refractivity contribution in [2.45, 2.75) is 110 Å². The van der Waals surface area contributed by atoms with Crippen LogP contribution in [0.1, 0.15) is 91.9 Å². The van der Waals surface area contributed by atoms with Crippen molar-refractivity contribution in [3.63, 3.8) is 0 Å². The molecule has 2 aliphatic rings. The predicted octanol–water partition coefficient (Wildman–Crippen LogP) is 5.96. The summed E-state index contributed by atoms with van der Waals surface area (Å²) in [4.78, 5) is 0. The molecule has 0 aliphatic heterocycles. The largest absolute Gasteiger partial charge is 0.376 e. The molecule has 5 unspecified atom stereocenters. The molecule has 3 nitrogen and oxygen atoms in total. The lowest BCUT2D eigenvalue weighted by molar-refractivity contribution is -0.203. The topological polar surface area (TPSA) is 27.7 Å². The SMILES string of the molecule is CCOC1CC(C(C)CC)CCC1OC(C)OCCC1CCCCC1. The molecular formula is C22H42O3. The molecule has 25 heavy (non-hydrogen) atoms. The van der Waals surface area contributed by atoms with Gasteiger partial charge in [0, 0.05) is 13.2 Å². The fourth-order valence-electron chi connectivity index (χ4n) is 4.69. The molecule has 0 radical (unpaired) electrons. The van der Waals surface area contributed by atoms with Crippen LogP contribution in [0.25, 0.3) is 0 Å². The fraction of sp³-hybridized carbons (Fsp3) is 1.00. The Hall–Kier alpha value is -0.120. The Balaban J connectivity index is 1.71. The van der Waals surface area contributed by atoms with Gasteiger partial charge in [0.05, 0.1) is 12.2 Å². The third-order valence-electron chi connectivity index (χ3n) is 6.57. The standard InChI is InChI=1S/C22H42O3/c1-5-17(3)20-12-13-21(22(16-20)23-6-2)25-18(4)24-15-14-19-10-8-7-9-11-19/h17-22H,5-16H2,1-4H3. The zero-order chi connectivity index (χ0) is 18.1. The third-order valence-corrected chi connectivity index (χ3v) is 6.57. The second-order valence-corrected chi connectivity index (χ2v) is 8.36. The van der Waals surface area contributed by atoms with Crippen molar-refractivity contribution in [2.75, 3.05) is 13.2 Å². The normalized spacial score (nSPS) is 31.0. The third kappa shape index (κ3) is 7.19. The highest BCUT2D eigenvalue weighted by molar-refractivity contribution is 4.84. The van der Waals surface area contributed by atoms with Crippen LogP contribution in [-0.2, 0) is 14.2 Å². The van der Waals surface area contributed by atoms with Gasteiger partial charge in [-0.3, -0.25) is 0 Å². The van der Waals surface area contributed by atoms with Crippen LogP contribution in [0.3, 0.4) is 0 Å². The molecule has 2 rings (SSSR count). The van der Waals surface area contributed by atoms with Gasteiger partial charge >= 0.3 is 0 Å². The van der Waals surface area contributed by atoms with E-state index in [0.717, 1.165) is 43.8 Å². The summed E-state index contributed by atoms with van der Waals surface area (Å²) in [5, 5.41) is 0. The molecular weight excluding hydrogens is 312 g/mol. The molecule has 0 amide bonds. The number of hydrogen-bond acceptors (Lipinski definition) is 3. The van der Waals surface area contributed by atoms with E-state index in [9.17, 15) is 0 Å². The first-order chi connectivity index (χ1) is 12.1. The second-order valence-electron chi connectivity index (χ2n) is 8.36. The van der Waals surface area contributed by atoms with E-state index in [1.165, 1.54) is 51.4 Å². The summed E-state index contributed by atoms with van der Waals surface area (Å²) >= 11 is 0. The van der Waals surface area contributed by atoms with Crippen LogP contribution < -0.4 is 0 Å². The van der Waals surface area contributed by atoms with Crippen LogP contribution in [0.2, 0.25) is 0 Å². The first-order valence-corrected chi connectivity index (χ1v) is 11.0. The summed E-state index contributed by atoms with van der Waals surface area (Å²) < 4.78 is 18.3. The Labute approximate surface area is 156 Å². The van der Waals surface area contributed by atoms with Crippen molar-refractivity contribution in [1.29, 1.82) is 0 Å². The molecule has 5 atom stereocenters. The molecule has 148 valence electrons. The zero-order valence-electron chi connectivity index (χ0n) is 17.2. The molecule has 2 aliphatic carbocycles. The van der Waals surface area contributed by atoms with Crippen molar-refractivity contribution in [1.82, 2.24) is 0 Å². The van der Waals surface area contributed by atoms with E-state index in [1.807, 2.05) is 0 Å². The summed E-state index contributed by atoms with van der Waals surface area (Å²) in [6, 6.07) is 0. The Morgan fingerprint density at radius 2 is 1.68 bits per heavy atom. The molecule has 2 fully saturated rings. The van der Waals surface area contributed by atoms with Crippen LogP contribution in [0.4, 0.5) is 0 Å². The molecule has 0 aromatic heterocycles. The van der Waals surface area contributed by atoms with Crippen LogP contribution in [-0.4, -0.2) is 31.7 Å². The average molecular weight is 355 g/mol. The van der Waals surface area contributed by atoms with Gasteiger partial charge in [0.15, 0.2) is 6.29 Å². The van der Waals surface area contributed by atoms with Gasteiger partial charge in [-0.25, -0.2) is 0 Å². The van der Waals surface area contributed by atoms with Crippen LogP contribution in [0, 0.1) is 17.8 Å². The molecule has 3 heteroatoms. The van der Waals surface area contributed by atoms with Crippen molar-refractivity contribution >= 4 is 0 Å². The van der Waals surface area contributed by atoms with Gasteiger partial charge in [0.25, 0.3) is 0 Å². The van der Waals surface area contributed by atoms with E-state index in [0.29, 0.717) is 0 Å². The molecule has 2 saturated carbocycles. The average Bonchev–Trinajstić information content (AvgIpc) is 2.63. The maximum atomic E-state index is 6.26. The Morgan fingerprint density at radius 3 is 2.36 bits per heavy atom. The van der Waals surface area contributed by atoms with Crippen LogP contribution in [0.15, 0.2) is 0 Å². The van der Waals surface area contributed by atoms with Gasteiger partial charge in [0.1, 0.15) is 0 Å². The lowest BCUT2D eigenvalue weighted by Gasteiger charge is -2.39. The zero-order valence-corrected chi connectivity index (χ0v) is 17.2. The predicted molar refractivity (Wildman–Crippen MR) is 104 cm³/mol. The van der Waals surface area contributed by atoms with Crippen molar-refractivity contribution < 1.29 is 14.2 Å². The number of rotatable bonds is 10.